The van der Waals surface area contributed by atoms with Gasteiger partial charge in [0, 0.05) is 11.1 Å². The number of benzene rings is 2. The number of carbonyl (C=O) groups is 2. The van der Waals surface area contributed by atoms with E-state index >= 15 is 0 Å². The lowest BCUT2D eigenvalue weighted by molar-refractivity contribution is 0.0953. The first kappa shape index (κ1) is 15.0. The highest BCUT2D eigenvalue weighted by atomic mass is 19.1. The van der Waals surface area contributed by atoms with Crippen LogP contribution in [-0.2, 0) is 4.74 Å². The van der Waals surface area contributed by atoms with Crippen molar-refractivity contribution in [2.24, 2.45) is 5.84 Å². The van der Waals surface area contributed by atoms with Gasteiger partial charge in [0.15, 0.2) is 0 Å². The third-order valence-electron chi connectivity index (χ3n) is 3.61. The van der Waals surface area contributed by atoms with E-state index < -0.39 is 17.8 Å². The Kier molecular flexibility index (Phi) is 3.94. The van der Waals surface area contributed by atoms with Gasteiger partial charge < -0.3 is 4.74 Å². The first-order valence-electron chi connectivity index (χ1n) is 6.95. The highest BCUT2D eigenvalue weighted by Crippen LogP contribution is 2.28. The molecule has 1 saturated heterocycles. The number of ether oxygens (including phenoxy) is 1. The molecule has 2 aromatic carbocycles. The molecule has 0 bridgehead atoms. The minimum absolute atomic E-state index is 0.298. The lowest BCUT2D eigenvalue weighted by Gasteiger charge is -2.14. The monoisotopic (exact) mass is 315 g/mol. The van der Waals surface area contributed by atoms with E-state index in [9.17, 15) is 14.0 Å². The Labute approximate surface area is 131 Å². The Bertz CT molecular complexity index is 762. The lowest BCUT2D eigenvalue weighted by Crippen LogP contribution is -2.29. The number of hydrogen-bond donors (Lipinski definition) is 2. The van der Waals surface area contributed by atoms with Crippen LogP contribution < -0.4 is 16.2 Å². The molecule has 2 amide bonds. The summed E-state index contributed by atoms with van der Waals surface area (Å²) in [6.07, 6.45) is -0.478. The van der Waals surface area contributed by atoms with Crippen LogP contribution in [0.15, 0.2) is 42.5 Å². The summed E-state index contributed by atoms with van der Waals surface area (Å²) in [4.78, 5) is 24.3. The summed E-state index contributed by atoms with van der Waals surface area (Å²) in [7, 11) is 0. The standard InChI is InChI=1S/C16H14FN3O3/c17-14-9-12(20-7-8-23-16(20)22)5-6-13(14)10-1-3-11(4-2-10)15(21)19-18/h1-6,9H,7-8,18H2,(H,19,21). The molecule has 118 valence electrons. The van der Waals surface area contributed by atoms with E-state index in [4.69, 9.17) is 10.6 Å². The molecule has 3 rings (SSSR count). The van der Waals surface area contributed by atoms with Gasteiger partial charge in [-0.15, -0.1) is 0 Å². The second kappa shape index (κ2) is 6.05. The predicted octanol–water partition coefficient (Wildman–Crippen LogP) is 2.05. The van der Waals surface area contributed by atoms with E-state index in [0.29, 0.717) is 35.5 Å². The first-order chi connectivity index (χ1) is 11.1. The Morgan fingerprint density at radius 1 is 1.22 bits per heavy atom. The van der Waals surface area contributed by atoms with Crippen LogP contribution in [0.5, 0.6) is 0 Å². The van der Waals surface area contributed by atoms with Crippen molar-refractivity contribution in [2.75, 3.05) is 18.1 Å². The first-order valence-corrected chi connectivity index (χ1v) is 6.95. The van der Waals surface area contributed by atoms with Gasteiger partial charge in [0.2, 0.25) is 0 Å². The number of hydrogen-bond acceptors (Lipinski definition) is 4. The molecule has 1 aliphatic heterocycles. The van der Waals surface area contributed by atoms with Crippen molar-refractivity contribution in [3.8, 4) is 11.1 Å². The molecule has 0 saturated carbocycles. The molecule has 2 aromatic rings. The number of nitrogens with two attached hydrogens (primary N) is 1. The summed E-state index contributed by atoms with van der Waals surface area (Å²) in [6.45, 7) is 0.702. The highest BCUT2D eigenvalue weighted by Gasteiger charge is 2.24. The van der Waals surface area contributed by atoms with Crippen LogP contribution in [0.4, 0.5) is 14.9 Å². The number of nitrogens with one attached hydrogen (secondary N) is 1. The van der Waals surface area contributed by atoms with Crippen molar-refractivity contribution in [2.45, 2.75) is 0 Å². The molecule has 0 unspecified atom stereocenters. The molecular weight excluding hydrogens is 301 g/mol. The summed E-state index contributed by atoms with van der Waals surface area (Å²) in [6, 6.07) is 10.9. The summed E-state index contributed by atoms with van der Waals surface area (Å²) < 4.78 is 19.2. The van der Waals surface area contributed by atoms with Gasteiger partial charge in [0.25, 0.3) is 5.91 Å². The summed E-state index contributed by atoms with van der Waals surface area (Å²) in [5, 5.41) is 0. The third kappa shape index (κ3) is 2.86. The van der Waals surface area contributed by atoms with E-state index in [1.54, 1.807) is 36.4 Å². The molecule has 0 spiro atoms. The molecule has 0 radical (unpaired) electrons. The highest BCUT2D eigenvalue weighted by molar-refractivity contribution is 5.94. The SMILES string of the molecule is NNC(=O)c1ccc(-c2ccc(N3CCOC3=O)cc2F)cc1. The molecule has 0 atom stereocenters. The van der Waals surface area contributed by atoms with Gasteiger partial charge in [-0.3, -0.25) is 15.1 Å². The average Bonchev–Trinajstić information content (AvgIpc) is 3.00. The molecule has 3 N–H and O–H groups in total. The normalized spacial score (nSPS) is 13.8. The minimum atomic E-state index is -0.478. The largest absolute Gasteiger partial charge is 0.447 e. The topological polar surface area (TPSA) is 84.7 Å². The molecule has 1 aliphatic rings. The van der Waals surface area contributed by atoms with Crippen LogP contribution >= 0.6 is 0 Å². The molecule has 6 nitrogen and oxygen atoms in total. The van der Waals surface area contributed by atoms with E-state index in [1.807, 2.05) is 5.43 Å². The number of carbonyl (C=O) groups excluding carboxylic acids is 2. The van der Waals surface area contributed by atoms with Crippen molar-refractivity contribution in [3.05, 3.63) is 53.8 Å². The fourth-order valence-corrected chi connectivity index (χ4v) is 2.42. The number of nitrogens with zero attached hydrogens (tertiary/aromatic N) is 1. The maximum atomic E-state index is 14.4. The number of hydrazine groups is 1. The van der Waals surface area contributed by atoms with Crippen LogP contribution in [0, 0.1) is 5.82 Å². The van der Waals surface area contributed by atoms with Crippen LogP contribution in [0.25, 0.3) is 11.1 Å². The van der Waals surface area contributed by atoms with Gasteiger partial charge in [-0.25, -0.2) is 15.0 Å². The third-order valence-corrected chi connectivity index (χ3v) is 3.61. The van der Waals surface area contributed by atoms with Crippen LogP contribution in [0.3, 0.4) is 0 Å². The number of anilines is 1. The maximum absolute atomic E-state index is 14.4. The van der Waals surface area contributed by atoms with Crippen molar-refractivity contribution in [3.63, 3.8) is 0 Å². The van der Waals surface area contributed by atoms with E-state index in [1.165, 1.54) is 11.0 Å². The smallest absolute Gasteiger partial charge is 0.414 e. The van der Waals surface area contributed by atoms with E-state index in [-0.39, 0.29) is 0 Å². The number of amides is 2. The molecular formula is C16H14FN3O3. The van der Waals surface area contributed by atoms with Crippen molar-refractivity contribution < 1.29 is 18.7 Å². The predicted molar refractivity (Wildman–Crippen MR) is 82.2 cm³/mol. The fourth-order valence-electron chi connectivity index (χ4n) is 2.42. The zero-order chi connectivity index (χ0) is 16.4. The summed E-state index contributed by atoms with van der Waals surface area (Å²) >= 11 is 0. The van der Waals surface area contributed by atoms with Crippen molar-refractivity contribution in [1.29, 1.82) is 0 Å². The van der Waals surface area contributed by atoms with Crippen molar-refractivity contribution in [1.82, 2.24) is 5.43 Å². The number of cyclic esters (lactones) is 1. The van der Waals surface area contributed by atoms with Gasteiger partial charge in [-0.1, -0.05) is 12.1 Å². The van der Waals surface area contributed by atoms with Gasteiger partial charge in [-0.2, -0.15) is 0 Å². The number of nitrogen functional groups attached to an aromatic ring is 1. The second-order valence-corrected chi connectivity index (χ2v) is 4.98. The Morgan fingerprint density at radius 2 is 1.96 bits per heavy atom. The molecule has 0 aliphatic carbocycles. The van der Waals surface area contributed by atoms with Crippen LogP contribution in [0.2, 0.25) is 0 Å². The lowest BCUT2D eigenvalue weighted by atomic mass is 10.0. The van der Waals surface area contributed by atoms with Crippen LogP contribution in [-0.4, -0.2) is 25.2 Å². The van der Waals surface area contributed by atoms with Gasteiger partial charge >= 0.3 is 6.09 Å². The zero-order valence-corrected chi connectivity index (χ0v) is 12.1. The molecule has 23 heavy (non-hydrogen) atoms. The number of halogens is 1. The number of rotatable bonds is 3. The van der Waals surface area contributed by atoms with E-state index in [2.05, 4.69) is 0 Å². The summed E-state index contributed by atoms with van der Waals surface area (Å²) in [5.41, 5.74) is 3.86. The quantitative estimate of drug-likeness (QED) is 0.516. The van der Waals surface area contributed by atoms with Gasteiger partial charge in [0.1, 0.15) is 12.4 Å². The minimum Gasteiger partial charge on any atom is -0.447 e. The van der Waals surface area contributed by atoms with Crippen molar-refractivity contribution >= 4 is 17.7 Å². The zero-order valence-electron chi connectivity index (χ0n) is 12.1. The molecule has 0 aromatic heterocycles. The maximum Gasteiger partial charge on any atom is 0.414 e. The second-order valence-electron chi connectivity index (χ2n) is 4.98. The molecule has 1 heterocycles. The Balaban J connectivity index is 1.88. The fraction of sp³-hybridized carbons (Fsp3) is 0.125. The van der Waals surface area contributed by atoms with E-state index in [0.717, 1.165) is 0 Å². The Hall–Kier alpha value is -2.93. The Morgan fingerprint density at radius 3 is 2.52 bits per heavy atom. The average molecular weight is 315 g/mol. The summed E-state index contributed by atoms with van der Waals surface area (Å²) in [5.74, 6) is 4.19. The van der Waals surface area contributed by atoms with Crippen LogP contribution in [0.1, 0.15) is 10.4 Å². The molecule has 7 heteroatoms. The van der Waals surface area contributed by atoms with Gasteiger partial charge in [-0.05, 0) is 35.9 Å². The molecule has 1 fully saturated rings. The van der Waals surface area contributed by atoms with Gasteiger partial charge in [0.05, 0.1) is 12.2 Å².